The summed E-state index contributed by atoms with van der Waals surface area (Å²) in [5, 5.41) is 0. The molecule has 1 aromatic heterocycles. The molecule has 0 radical (unpaired) electrons. The Morgan fingerprint density at radius 3 is 2.63 bits per heavy atom. The fraction of sp³-hybridized carbons (Fsp3) is 0.0909. The Bertz CT molecular complexity index is 956. The Labute approximate surface area is 157 Å². The van der Waals surface area contributed by atoms with Crippen molar-refractivity contribution in [2.45, 2.75) is 6.54 Å². The van der Waals surface area contributed by atoms with E-state index in [1.54, 1.807) is 23.2 Å². The van der Waals surface area contributed by atoms with E-state index >= 15 is 0 Å². The van der Waals surface area contributed by atoms with E-state index in [0.717, 1.165) is 16.9 Å². The summed E-state index contributed by atoms with van der Waals surface area (Å²) >= 11 is 0. The van der Waals surface area contributed by atoms with Crippen LogP contribution in [-0.4, -0.2) is 17.7 Å². The van der Waals surface area contributed by atoms with E-state index in [9.17, 15) is 4.79 Å². The molecule has 27 heavy (non-hydrogen) atoms. The molecule has 0 saturated heterocycles. The molecule has 4 rings (SSSR count). The number of rotatable bonds is 5. The van der Waals surface area contributed by atoms with Gasteiger partial charge >= 0.3 is 0 Å². The second-order valence-corrected chi connectivity index (χ2v) is 6.04. The maximum absolute atomic E-state index is 12.9. The molecule has 0 spiro atoms. The lowest BCUT2D eigenvalue weighted by Crippen LogP contribution is -2.29. The van der Waals surface area contributed by atoms with Crippen molar-refractivity contribution in [3.05, 3.63) is 90.1 Å². The molecule has 0 fully saturated rings. The maximum Gasteiger partial charge on any atom is 0.252 e. The predicted molar refractivity (Wildman–Crippen MR) is 103 cm³/mol. The predicted octanol–water partition coefficient (Wildman–Crippen LogP) is 4.06. The van der Waals surface area contributed by atoms with Gasteiger partial charge in [0.05, 0.1) is 6.54 Å². The molecule has 5 nitrogen and oxygen atoms in total. The molecule has 0 unspecified atom stereocenters. The normalized spacial score (nSPS) is 12.3. The zero-order chi connectivity index (χ0) is 18.5. The van der Waals surface area contributed by atoms with Crippen LogP contribution in [0.15, 0.2) is 79.0 Å². The quantitative estimate of drug-likeness (QED) is 0.646. The number of amides is 1. The van der Waals surface area contributed by atoms with E-state index in [1.807, 2.05) is 66.7 Å². The number of nitrogens with zero attached hydrogens (tertiary/aromatic N) is 2. The van der Waals surface area contributed by atoms with Gasteiger partial charge in [-0.2, -0.15) is 0 Å². The third-order valence-corrected chi connectivity index (χ3v) is 4.19. The molecule has 0 aliphatic carbocycles. The van der Waals surface area contributed by atoms with Gasteiger partial charge in [0.1, 0.15) is 5.82 Å². The lowest BCUT2D eigenvalue weighted by molar-refractivity contribution is -0.114. The van der Waals surface area contributed by atoms with Gasteiger partial charge in [0.25, 0.3) is 5.91 Å². The molecule has 0 saturated carbocycles. The highest BCUT2D eigenvalue weighted by molar-refractivity contribution is 6.03. The molecule has 0 N–H and O–H groups in total. The summed E-state index contributed by atoms with van der Waals surface area (Å²) in [5.74, 6) is 1.88. The van der Waals surface area contributed by atoms with Crippen LogP contribution in [0.3, 0.4) is 0 Å². The van der Waals surface area contributed by atoms with Crippen LogP contribution in [0.5, 0.6) is 11.5 Å². The Kier molecular flexibility index (Phi) is 4.83. The average Bonchev–Trinajstić information content (AvgIpc) is 3.19. The van der Waals surface area contributed by atoms with Gasteiger partial charge in [0.15, 0.2) is 11.5 Å². The average molecular weight is 358 g/mol. The molecular weight excluding hydrogens is 340 g/mol. The topological polar surface area (TPSA) is 51.7 Å². The molecule has 0 atom stereocenters. The van der Waals surface area contributed by atoms with E-state index in [-0.39, 0.29) is 12.7 Å². The van der Waals surface area contributed by atoms with Crippen molar-refractivity contribution in [2.75, 3.05) is 11.7 Å². The number of carbonyl (C=O) groups excluding carboxylic acids is 1. The third kappa shape index (κ3) is 3.98. The van der Waals surface area contributed by atoms with Gasteiger partial charge in [-0.25, -0.2) is 4.98 Å². The number of benzene rings is 2. The van der Waals surface area contributed by atoms with Gasteiger partial charge in [-0.3, -0.25) is 9.69 Å². The van der Waals surface area contributed by atoms with E-state index in [0.29, 0.717) is 18.1 Å². The van der Waals surface area contributed by atoms with Gasteiger partial charge in [-0.05, 0) is 41.5 Å². The van der Waals surface area contributed by atoms with Crippen molar-refractivity contribution < 1.29 is 14.3 Å². The summed E-state index contributed by atoms with van der Waals surface area (Å²) in [5.41, 5.74) is 1.90. The van der Waals surface area contributed by atoms with E-state index in [2.05, 4.69) is 4.98 Å². The number of fused-ring (bicyclic) bond motifs is 1. The van der Waals surface area contributed by atoms with Crippen molar-refractivity contribution in [1.82, 2.24) is 4.98 Å². The Hall–Kier alpha value is -3.60. The first-order valence-corrected chi connectivity index (χ1v) is 8.64. The number of hydrogen-bond acceptors (Lipinski definition) is 4. The summed E-state index contributed by atoms with van der Waals surface area (Å²) < 4.78 is 10.7. The van der Waals surface area contributed by atoms with Gasteiger partial charge in [-0.15, -0.1) is 0 Å². The van der Waals surface area contributed by atoms with Gasteiger partial charge in [-0.1, -0.05) is 42.5 Å². The summed E-state index contributed by atoms with van der Waals surface area (Å²) in [7, 11) is 0. The Balaban J connectivity index is 1.56. The van der Waals surface area contributed by atoms with Gasteiger partial charge in [0, 0.05) is 12.3 Å². The highest BCUT2D eigenvalue weighted by Crippen LogP contribution is 2.32. The first-order chi connectivity index (χ1) is 13.3. The number of anilines is 1. The Morgan fingerprint density at radius 1 is 1.00 bits per heavy atom. The molecule has 2 aromatic carbocycles. The van der Waals surface area contributed by atoms with E-state index in [1.165, 1.54) is 0 Å². The van der Waals surface area contributed by atoms with Crippen LogP contribution in [-0.2, 0) is 11.3 Å². The zero-order valence-corrected chi connectivity index (χ0v) is 14.6. The zero-order valence-electron chi connectivity index (χ0n) is 14.6. The lowest BCUT2D eigenvalue weighted by Gasteiger charge is -2.20. The van der Waals surface area contributed by atoms with Crippen LogP contribution in [0.4, 0.5) is 5.82 Å². The van der Waals surface area contributed by atoms with Crippen LogP contribution in [0.1, 0.15) is 11.1 Å². The largest absolute Gasteiger partial charge is 0.454 e. The molecule has 3 aromatic rings. The fourth-order valence-electron chi connectivity index (χ4n) is 2.83. The first kappa shape index (κ1) is 16.8. The summed E-state index contributed by atoms with van der Waals surface area (Å²) in [6.45, 7) is 0.675. The Morgan fingerprint density at radius 2 is 1.81 bits per heavy atom. The second-order valence-electron chi connectivity index (χ2n) is 6.04. The molecule has 5 heteroatoms. The summed E-state index contributed by atoms with van der Waals surface area (Å²) in [4.78, 5) is 18.9. The minimum absolute atomic E-state index is 0.143. The minimum atomic E-state index is -0.143. The highest BCUT2D eigenvalue weighted by atomic mass is 16.7. The van der Waals surface area contributed by atoms with Crippen molar-refractivity contribution in [3.8, 4) is 11.5 Å². The van der Waals surface area contributed by atoms with Crippen LogP contribution < -0.4 is 14.4 Å². The van der Waals surface area contributed by atoms with Crippen molar-refractivity contribution >= 4 is 17.8 Å². The maximum atomic E-state index is 12.9. The van der Waals surface area contributed by atoms with Crippen molar-refractivity contribution in [1.29, 1.82) is 0 Å². The number of ether oxygens (including phenoxy) is 2. The van der Waals surface area contributed by atoms with E-state index in [4.69, 9.17) is 9.47 Å². The SMILES string of the molecule is O=C(C=Cc1ccc2c(c1)OCO2)N(Cc1ccccc1)c1ccccn1. The van der Waals surface area contributed by atoms with Crippen LogP contribution in [0.25, 0.3) is 6.08 Å². The number of hydrogen-bond donors (Lipinski definition) is 0. The second kappa shape index (κ2) is 7.74. The monoisotopic (exact) mass is 358 g/mol. The number of pyridine rings is 1. The van der Waals surface area contributed by atoms with Gasteiger partial charge < -0.3 is 9.47 Å². The number of carbonyl (C=O) groups is 1. The van der Waals surface area contributed by atoms with Crippen molar-refractivity contribution in [2.24, 2.45) is 0 Å². The summed E-state index contributed by atoms with van der Waals surface area (Å²) in [6, 6.07) is 21.0. The summed E-state index contributed by atoms with van der Waals surface area (Å²) in [6.07, 6.45) is 5.00. The molecule has 1 amide bonds. The molecule has 134 valence electrons. The first-order valence-electron chi connectivity index (χ1n) is 8.64. The third-order valence-electron chi connectivity index (χ3n) is 4.19. The van der Waals surface area contributed by atoms with Crippen LogP contribution in [0, 0.1) is 0 Å². The minimum Gasteiger partial charge on any atom is -0.454 e. The lowest BCUT2D eigenvalue weighted by atomic mass is 10.1. The molecule has 1 aliphatic rings. The molecule has 2 heterocycles. The highest BCUT2D eigenvalue weighted by Gasteiger charge is 2.16. The van der Waals surface area contributed by atoms with Gasteiger partial charge in [0.2, 0.25) is 6.79 Å². The standard InChI is InChI=1S/C22H18N2O3/c25-22(12-10-17-9-11-19-20(14-17)27-16-26-19)24(21-8-4-5-13-23-21)15-18-6-2-1-3-7-18/h1-14H,15-16H2. The molecular formula is C22H18N2O3. The van der Waals surface area contributed by atoms with Crippen LogP contribution in [0.2, 0.25) is 0 Å². The van der Waals surface area contributed by atoms with Crippen LogP contribution >= 0.6 is 0 Å². The molecule has 0 bridgehead atoms. The van der Waals surface area contributed by atoms with E-state index < -0.39 is 0 Å². The molecule has 1 aliphatic heterocycles. The fourth-order valence-corrected chi connectivity index (χ4v) is 2.83. The number of aromatic nitrogens is 1. The van der Waals surface area contributed by atoms with Crippen molar-refractivity contribution in [3.63, 3.8) is 0 Å². The smallest absolute Gasteiger partial charge is 0.252 e.